The van der Waals surface area contributed by atoms with Crippen molar-refractivity contribution < 1.29 is 9.53 Å². The van der Waals surface area contributed by atoms with Gasteiger partial charge in [0.05, 0.1) is 5.92 Å². The number of ether oxygens (including phenoxy) is 1. The van der Waals surface area contributed by atoms with Gasteiger partial charge in [-0.1, -0.05) is 25.3 Å². The van der Waals surface area contributed by atoms with E-state index in [9.17, 15) is 4.79 Å². The SMILES string of the molecule is Cc1c(NC2=NCCC2)cccc1OC(=O)C1CCCCC1. The van der Waals surface area contributed by atoms with Gasteiger partial charge in [-0.25, -0.2) is 0 Å². The zero-order valence-electron chi connectivity index (χ0n) is 13.2. The van der Waals surface area contributed by atoms with Crippen molar-refractivity contribution in [2.24, 2.45) is 10.9 Å². The molecule has 0 aromatic heterocycles. The van der Waals surface area contributed by atoms with Gasteiger partial charge in [0.2, 0.25) is 0 Å². The van der Waals surface area contributed by atoms with Crippen LogP contribution in [0.25, 0.3) is 0 Å². The van der Waals surface area contributed by atoms with Crippen LogP contribution in [0, 0.1) is 12.8 Å². The molecular weight excluding hydrogens is 276 g/mol. The summed E-state index contributed by atoms with van der Waals surface area (Å²) in [7, 11) is 0. The quantitative estimate of drug-likeness (QED) is 0.676. The molecule has 0 radical (unpaired) electrons. The number of nitrogens with zero attached hydrogens (tertiary/aromatic N) is 1. The molecule has 0 amide bonds. The Labute approximate surface area is 132 Å². The highest BCUT2D eigenvalue weighted by atomic mass is 16.5. The maximum Gasteiger partial charge on any atom is 0.314 e. The molecule has 2 aliphatic rings. The van der Waals surface area contributed by atoms with E-state index in [1.54, 1.807) is 0 Å². The number of anilines is 1. The van der Waals surface area contributed by atoms with Gasteiger partial charge in [-0.15, -0.1) is 0 Å². The summed E-state index contributed by atoms with van der Waals surface area (Å²) in [5, 5.41) is 3.36. The molecule has 0 spiro atoms. The second-order valence-corrected chi connectivity index (χ2v) is 6.24. The van der Waals surface area contributed by atoms with Crippen molar-refractivity contribution in [3.63, 3.8) is 0 Å². The monoisotopic (exact) mass is 300 g/mol. The van der Waals surface area contributed by atoms with Gasteiger partial charge in [0.1, 0.15) is 11.6 Å². The molecule has 118 valence electrons. The molecule has 0 saturated heterocycles. The van der Waals surface area contributed by atoms with Crippen LogP contribution in [0.15, 0.2) is 23.2 Å². The van der Waals surface area contributed by atoms with Crippen LogP contribution < -0.4 is 10.1 Å². The fourth-order valence-corrected chi connectivity index (χ4v) is 3.19. The first-order valence-corrected chi connectivity index (χ1v) is 8.35. The van der Waals surface area contributed by atoms with Crippen molar-refractivity contribution in [1.82, 2.24) is 0 Å². The maximum atomic E-state index is 12.3. The van der Waals surface area contributed by atoms with Crippen molar-refractivity contribution in [2.45, 2.75) is 51.9 Å². The molecule has 4 nitrogen and oxygen atoms in total. The highest BCUT2D eigenvalue weighted by Crippen LogP contribution is 2.29. The predicted octanol–water partition coefficient (Wildman–Crippen LogP) is 4.08. The lowest BCUT2D eigenvalue weighted by Crippen LogP contribution is -2.23. The predicted molar refractivity (Wildman–Crippen MR) is 88.5 cm³/mol. The Hall–Kier alpha value is -1.84. The Kier molecular flexibility index (Phi) is 4.76. The van der Waals surface area contributed by atoms with E-state index in [1.807, 2.05) is 25.1 Å². The summed E-state index contributed by atoms with van der Waals surface area (Å²) in [5.74, 6) is 1.69. The van der Waals surface area contributed by atoms with Crippen molar-refractivity contribution in [3.05, 3.63) is 23.8 Å². The van der Waals surface area contributed by atoms with E-state index < -0.39 is 0 Å². The minimum Gasteiger partial charge on any atom is -0.426 e. The maximum absolute atomic E-state index is 12.3. The number of hydrogen-bond acceptors (Lipinski definition) is 4. The number of hydrogen-bond donors (Lipinski definition) is 1. The largest absolute Gasteiger partial charge is 0.426 e. The van der Waals surface area contributed by atoms with Crippen LogP contribution in [0.5, 0.6) is 5.75 Å². The summed E-state index contributed by atoms with van der Waals surface area (Å²) in [6, 6.07) is 5.81. The molecular formula is C18H24N2O2. The minimum absolute atomic E-state index is 0.0712. The second kappa shape index (κ2) is 6.95. The smallest absolute Gasteiger partial charge is 0.314 e. The molecule has 0 unspecified atom stereocenters. The number of nitrogens with one attached hydrogen (secondary N) is 1. The van der Waals surface area contributed by atoms with Gasteiger partial charge >= 0.3 is 5.97 Å². The van der Waals surface area contributed by atoms with E-state index in [4.69, 9.17) is 4.74 Å². The number of esters is 1. The standard InChI is InChI=1S/C18H24N2O2/c1-13-15(20-17-11-6-12-19-17)9-5-10-16(13)22-18(21)14-7-3-2-4-8-14/h5,9-10,14H,2-4,6-8,11-12H2,1H3,(H,19,20). The van der Waals surface area contributed by atoms with Gasteiger partial charge in [0.15, 0.2) is 0 Å². The first-order valence-electron chi connectivity index (χ1n) is 8.35. The molecule has 0 atom stereocenters. The van der Waals surface area contributed by atoms with E-state index in [-0.39, 0.29) is 11.9 Å². The molecule has 22 heavy (non-hydrogen) atoms. The molecule has 1 aromatic rings. The van der Waals surface area contributed by atoms with Crippen LogP contribution in [-0.2, 0) is 4.79 Å². The highest BCUT2D eigenvalue weighted by Gasteiger charge is 2.23. The third kappa shape index (κ3) is 3.49. The number of carbonyl (C=O) groups excluding carboxylic acids is 1. The van der Waals surface area contributed by atoms with Crippen LogP contribution in [0.2, 0.25) is 0 Å². The first-order chi connectivity index (χ1) is 10.7. The molecule has 0 bridgehead atoms. The van der Waals surface area contributed by atoms with Crippen molar-refractivity contribution in [2.75, 3.05) is 11.9 Å². The van der Waals surface area contributed by atoms with Crippen LogP contribution >= 0.6 is 0 Å². The topological polar surface area (TPSA) is 50.7 Å². The molecule has 1 fully saturated rings. The lowest BCUT2D eigenvalue weighted by Gasteiger charge is -2.21. The first kappa shape index (κ1) is 15.1. The Morgan fingerprint density at radius 1 is 1.23 bits per heavy atom. The van der Waals surface area contributed by atoms with Crippen molar-refractivity contribution >= 4 is 17.5 Å². The lowest BCUT2D eigenvalue weighted by atomic mass is 9.89. The highest BCUT2D eigenvalue weighted by molar-refractivity contribution is 5.97. The van der Waals surface area contributed by atoms with Crippen molar-refractivity contribution in [3.8, 4) is 5.75 Å². The Morgan fingerprint density at radius 3 is 2.77 bits per heavy atom. The van der Waals surface area contributed by atoms with E-state index in [1.165, 1.54) is 6.42 Å². The average molecular weight is 300 g/mol. The number of rotatable bonds is 3. The molecule has 1 aromatic carbocycles. The minimum atomic E-state index is -0.0712. The van der Waals surface area contributed by atoms with Crippen LogP contribution in [0.4, 0.5) is 5.69 Å². The van der Waals surface area contributed by atoms with Gasteiger partial charge < -0.3 is 10.1 Å². The van der Waals surface area contributed by atoms with Crippen molar-refractivity contribution in [1.29, 1.82) is 0 Å². The molecule has 1 aliphatic carbocycles. The van der Waals surface area contributed by atoms with E-state index >= 15 is 0 Å². The zero-order chi connectivity index (χ0) is 15.4. The normalized spacial score (nSPS) is 18.9. The Bertz CT molecular complexity index is 574. The number of carbonyl (C=O) groups is 1. The van der Waals surface area contributed by atoms with Gasteiger partial charge in [0, 0.05) is 24.2 Å². The molecule has 4 heteroatoms. The average Bonchev–Trinajstić information content (AvgIpc) is 3.05. The fourth-order valence-electron chi connectivity index (χ4n) is 3.19. The third-order valence-electron chi connectivity index (χ3n) is 4.59. The molecule has 1 heterocycles. The summed E-state index contributed by atoms with van der Waals surface area (Å²) >= 11 is 0. The second-order valence-electron chi connectivity index (χ2n) is 6.24. The van der Waals surface area contributed by atoms with Crippen LogP contribution in [0.1, 0.15) is 50.5 Å². The van der Waals surface area contributed by atoms with Crippen LogP contribution in [0.3, 0.4) is 0 Å². The van der Waals surface area contributed by atoms with E-state index in [0.29, 0.717) is 5.75 Å². The van der Waals surface area contributed by atoms with Gasteiger partial charge in [-0.05, 0) is 38.3 Å². The Balaban J connectivity index is 1.69. The summed E-state index contributed by atoms with van der Waals surface area (Å²) in [4.78, 5) is 16.7. The third-order valence-corrected chi connectivity index (χ3v) is 4.59. The van der Waals surface area contributed by atoms with E-state index in [0.717, 1.165) is 62.2 Å². The summed E-state index contributed by atoms with van der Waals surface area (Å²) in [6.07, 6.45) is 7.55. The lowest BCUT2D eigenvalue weighted by molar-refractivity contribution is -0.140. The molecule has 3 rings (SSSR count). The molecule has 1 N–H and O–H groups in total. The number of benzene rings is 1. The summed E-state index contributed by atoms with van der Waals surface area (Å²) in [6.45, 7) is 2.89. The number of amidine groups is 1. The van der Waals surface area contributed by atoms with Gasteiger partial charge in [0.25, 0.3) is 0 Å². The summed E-state index contributed by atoms with van der Waals surface area (Å²) < 4.78 is 5.67. The summed E-state index contributed by atoms with van der Waals surface area (Å²) in [5.41, 5.74) is 1.95. The van der Waals surface area contributed by atoms with Gasteiger partial charge in [-0.2, -0.15) is 0 Å². The fraction of sp³-hybridized carbons (Fsp3) is 0.556. The van der Waals surface area contributed by atoms with Gasteiger partial charge in [-0.3, -0.25) is 9.79 Å². The molecule has 1 aliphatic heterocycles. The number of aliphatic imine (C=N–C) groups is 1. The molecule has 1 saturated carbocycles. The zero-order valence-corrected chi connectivity index (χ0v) is 13.2. The Morgan fingerprint density at radius 2 is 2.05 bits per heavy atom. The van der Waals surface area contributed by atoms with E-state index in [2.05, 4.69) is 10.3 Å². The van der Waals surface area contributed by atoms with Crippen LogP contribution in [-0.4, -0.2) is 18.3 Å².